The van der Waals surface area contributed by atoms with Crippen LogP contribution in [0.2, 0.25) is 0 Å². The Balaban J connectivity index is 0.00000169. The third-order valence-corrected chi connectivity index (χ3v) is 3.44. The predicted molar refractivity (Wildman–Crippen MR) is 101 cm³/mol. The van der Waals surface area contributed by atoms with Crippen molar-refractivity contribution in [1.82, 2.24) is 0 Å². The van der Waals surface area contributed by atoms with Crippen LogP contribution >= 0.6 is 0 Å². The van der Waals surface area contributed by atoms with Crippen molar-refractivity contribution in [3.8, 4) is 11.5 Å². The second-order valence-electron chi connectivity index (χ2n) is 5.12. The molecular weight excluding hydrogens is 375 g/mol. The number of benzene rings is 3. The fraction of sp³-hybridized carbons (Fsp3) is 0. The summed E-state index contributed by atoms with van der Waals surface area (Å²) in [5.41, 5.74) is 2.62. The summed E-state index contributed by atoms with van der Waals surface area (Å²) >= 11 is 0. The Morgan fingerprint density at radius 3 is 1.31 bits per heavy atom. The second-order valence-corrected chi connectivity index (χ2v) is 5.12. The van der Waals surface area contributed by atoms with Gasteiger partial charge in [-0.15, -0.1) is 0 Å². The van der Waals surface area contributed by atoms with Gasteiger partial charge in [0, 0.05) is 40.3 Å². The van der Waals surface area contributed by atoms with Crippen molar-refractivity contribution < 1.29 is 32.5 Å². The number of hydrogen-bond acceptors (Lipinski definition) is 4. The quantitative estimate of drug-likeness (QED) is 0.660. The number of phenols is 2. The zero-order chi connectivity index (χ0) is 16.8. The molecule has 0 saturated carbocycles. The van der Waals surface area contributed by atoms with Gasteiger partial charge in [0.1, 0.15) is 11.5 Å². The van der Waals surface area contributed by atoms with Crippen LogP contribution in [-0.4, -0.2) is 28.1 Å². The fourth-order valence-corrected chi connectivity index (χ4v) is 2.15. The van der Waals surface area contributed by atoms with E-state index in [0.717, 1.165) is 0 Å². The number of para-hydroxylation sites is 4. The molecule has 1 radical (unpaired) electrons. The molecule has 0 aliphatic heterocycles. The summed E-state index contributed by atoms with van der Waals surface area (Å²) in [6.07, 6.45) is 3.20. The van der Waals surface area contributed by atoms with E-state index in [1.54, 1.807) is 48.8 Å². The smallest absolute Gasteiger partial charge is 0.124 e. The molecule has 6 heteroatoms. The Morgan fingerprint density at radius 1 is 0.577 bits per heavy atom. The number of rotatable bonds is 4. The summed E-state index contributed by atoms with van der Waals surface area (Å²) in [5.74, 6) is 0.355. The maximum Gasteiger partial charge on any atom is 0.124 e. The number of aromatic hydroxyl groups is 2. The monoisotopic (exact) mass is 393 g/mol. The van der Waals surface area contributed by atoms with E-state index in [9.17, 15) is 10.2 Å². The van der Waals surface area contributed by atoms with Crippen LogP contribution in [0.4, 0.5) is 11.4 Å². The molecule has 3 rings (SSSR count). The summed E-state index contributed by atoms with van der Waals surface area (Å²) < 4.78 is 0. The van der Waals surface area contributed by atoms with Crippen molar-refractivity contribution in [1.29, 1.82) is 0 Å². The zero-order valence-electron chi connectivity index (χ0n) is 13.7. The van der Waals surface area contributed by atoms with Crippen LogP contribution in [0.3, 0.4) is 0 Å². The maximum absolute atomic E-state index is 9.79. The average molecular weight is 393 g/mol. The van der Waals surface area contributed by atoms with E-state index in [4.69, 9.17) is 0 Å². The van der Waals surface area contributed by atoms with Crippen LogP contribution in [0.15, 0.2) is 82.8 Å². The topological polar surface area (TPSA) is 96.7 Å². The minimum Gasteiger partial charge on any atom is -0.507 e. The fourth-order valence-electron chi connectivity index (χ4n) is 2.15. The third kappa shape index (κ3) is 5.28. The number of nitrogens with zero attached hydrogens (tertiary/aromatic N) is 2. The molecule has 0 amide bonds. The maximum atomic E-state index is 9.79. The van der Waals surface area contributed by atoms with Gasteiger partial charge in [-0.25, -0.2) is 0 Å². The van der Waals surface area contributed by atoms with Crippen LogP contribution in [0, 0.1) is 0 Å². The molecule has 0 unspecified atom stereocenters. The largest absolute Gasteiger partial charge is 0.507 e. The molecule has 4 N–H and O–H groups in total. The van der Waals surface area contributed by atoms with E-state index in [2.05, 4.69) is 9.98 Å². The van der Waals surface area contributed by atoms with Crippen molar-refractivity contribution in [2.75, 3.05) is 0 Å². The molecule has 0 bridgehead atoms. The summed E-state index contributed by atoms with van der Waals surface area (Å²) in [6.45, 7) is 0. The molecule has 0 aliphatic carbocycles. The van der Waals surface area contributed by atoms with Gasteiger partial charge < -0.3 is 15.7 Å². The molecule has 0 fully saturated rings. The third-order valence-electron chi connectivity index (χ3n) is 3.44. The van der Waals surface area contributed by atoms with Gasteiger partial charge in [0.15, 0.2) is 0 Å². The minimum absolute atomic E-state index is 0. The molecule has 0 heterocycles. The Morgan fingerprint density at radius 2 is 0.923 bits per heavy atom. The van der Waals surface area contributed by atoms with E-state index in [1.165, 1.54) is 0 Å². The first-order valence-corrected chi connectivity index (χ1v) is 7.47. The predicted octanol–water partition coefficient (Wildman–Crippen LogP) is 3.77. The molecule has 0 saturated heterocycles. The SMILES string of the molecule is O.Oc1ccccc1/C=N\c1ccccc1/N=C/c1ccccc1O.[Co]. The van der Waals surface area contributed by atoms with Crippen LogP contribution < -0.4 is 0 Å². The minimum atomic E-state index is 0. The number of aliphatic imine (C=N–C) groups is 2. The van der Waals surface area contributed by atoms with Gasteiger partial charge in [0.2, 0.25) is 0 Å². The summed E-state index contributed by atoms with van der Waals surface area (Å²) in [7, 11) is 0. The number of hydrogen-bond donors (Lipinski definition) is 2. The molecule has 0 aliphatic rings. The Labute approximate surface area is 161 Å². The van der Waals surface area contributed by atoms with Gasteiger partial charge in [-0.05, 0) is 36.4 Å². The summed E-state index contributed by atoms with van der Waals surface area (Å²) in [5, 5.41) is 19.6. The molecule has 5 nitrogen and oxygen atoms in total. The van der Waals surface area contributed by atoms with Gasteiger partial charge in [0.25, 0.3) is 0 Å². The first kappa shape index (κ1) is 21.1. The van der Waals surface area contributed by atoms with Gasteiger partial charge in [-0.2, -0.15) is 0 Å². The molecule has 3 aromatic rings. The van der Waals surface area contributed by atoms with Gasteiger partial charge >= 0.3 is 0 Å². The van der Waals surface area contributed by atoms with Gasteiger partial charge in [-0.1, -0.05) is 36.4 Å². The van der Waals surface area contributed by atoms with E-state index in [1.807, 2.05) is 36.4 Å². The second kappa shape index (κ2) is 10.1. The van der Waals surface area contributed by atoms with Gasteiger partial charge in [-0.3, -0.25) is 9.98 Å². The molecule has 135 valence electrons. The normalized spacial score (nSPS) is 10.5. The molecule has 0 spiro atoms. The average Bonchev–Trinajstić information content (AvgIpc) is 2.61. The van der Waals surface area contributed by atoms with E-state index in [0.29, 0.717) is 22.5 Å². The Hall–Kier alpha value is -2.93. The van der Waals surface area contributed by atoms with E-state index < -0.39 is 0 Å². The van der Waals surface area contributed by atoms with Crippen LogP contribution in [0.25, 0.3) is 0 Å². The zero-order valence-corrected chi connectivity index (χ0v) is 14.7. The van der Waals surface area contributed by atoms with E-state index >= 15 is 0 Å². The first-order chi connectivity index (χ1) is 11.7. The first-order valence-electron chi connectivity index (χ1n) is 7.47. The standard InChI is InChI=1S/C20H16N2O2.Co.H2O/c23-19-11-5-1-7-15(19)13-21-17-9-3-4-10-18(17)22-14-16-8-2-6-12-20(16)24;;/h1-14,23-24H;;1H2/b21-13-,22-14+;;. The molecule has 0 atom stereocenters. The van der Waals surface area contributed by atoms with Crippen molar-refractivity contribution in [3.63, 3.8) is 0 Å². The Bertz CT molecular complexity index is 836. The summed E-state index contributed by atoms with van der Waals surface area (Å²) in [4.78, 5) is 8.82. The van der Waals surface area contributed by atoms with Crippen molar-refractivity contribution >= 4 is 23.8 Å². The Kier molecular flexibility index (Phi) is 8.24. The van der Waals surface area contributed by atoms with Crippen molar-refractivity contribution in [3.05, 3.63) is 83.9 Å². The number of phenolic OH excluding ortho intramolecular Hbond substituents is 2. The van der Waals surface area contributed by atoms with E-state index in [-0.39, 0.29) is 33.8 Å². The molecule has 0 aromatic heterocycles. The molecule has 26 heavy (non-hydrogen) atoms. The van der Waals surface area contributed by atoms with Crippen LogP contribution in [-0.2, 0) is 16.8 Å². The van der Waals surface area contributed by atoms with Crippen molar-refractivity contribution in [2.45, 2.75) is 0 Å². The molecule has 3 aromatic carbocycles. The van der Waals surface area contributed by atoms with Crippen LogP contribution in [0.1, 0.15) is 11.1 Å². The summed E-state index contributed by atoms with van der Waals surface area (Å²) in [6, 6.07) is 21.4. The molecular formula is C20H18CoN2O3. The van der Waals surface area contributed by atoms with Gasteiger partial charge in [0.05, 0.1) is 11.4 Å². The van der Waals surface area contributed by atoms with Crippen molar-refractivity contribution in [2.24, 2.45) is 9.98 Å². The van der Waals surface area contributed by atoms with Crippen LogP contribution in [0.5, 0.6) is 11.5 Å².